The van der Waals surface area contributed by atoms with Crippen LogP contribution < -0.4 is 0 Å². The molecule has 0 atom stereocenters. The molecule has 0 bridgehead atoms. The summed E-state index contributed by atoms with van der Waals surface area (Å²) in [5, 5.41) is 0. The van der Waals surface area contributed by atoms with Crippen LogP contribution in [0.15, 0.2) is 30.6 Å². The van der Waals surface area contributed by atoms with Gasteiger partial charge in [-0.3, -0.25) is 4.79 Å². The number of benzene rings is 1. The fraction of sp³-hybridized carbons (Fsp3) is 0.231. The predicted octanol–water partition coefficient (Wildman–Crippen LogP) is 2.45. The van der Waals surface area contributed by atoms with Crippen LogP contribution in [-0.2, 0) is 6.42 Å². The predicted molar refractivity (Wildman–Crippen MR) is 62.5 cm³/mol. The van der Waals surface area contributed by atoms with Gasteiger partial charge in [0.15, 0.2) is 5.78 Å². The van der Waals surface area contributed by atoms with Crippen molar-refractivity contribution in [1.29, 1.82) is 0 Å². The average molecular weight is 214 g/mol. The lowest BCUT2D eigenvalue weighted by Gasteiger charge is -2.07. The third-order valence-corrected chi connectivity index (χ3v) is 2.64. The molecule has 2 rings (SSSR count). The second-order valence-electron chi connectivity index (χ2n) is 3.90. The summed E-state index contributed by atoms with van der Waals surface area (Å²) < 4.78 is 0. The lowest BCUT2D eigenvalue weighted by molar-refractivity contribution is 0.0990. The zero-order chi connectivity index (χ0) is 11.5. The first kappa shape index (κ1) is 10.6. The molecule has 3 heteroatoms. The molecule has 1 N–H and O–H groups in total. The van der Waals surface area contributed by atoms with E-state index in [1.165, 1.54) is 0 Å². The number of carbonyl (C=O) groups is 1. The molecule has 0 aliphatic carbocycles. The molecular formula is C13H14N2O. The van der Waals surface area contributed by atoms with Gasteiger partial charge in [0.05, 0.1) is 6.42 Å². The highest BCUT2D eigenvalue weighted by atomic mass is 16.1. The molecule has 16 heavy (non-hydrogen) atoms. The molecule has 1 heterocycles. The Morgan fingerprint density at radius 2 is 2.00 bits per heavy atom. The van der Waals surface area contributed by atoms with Crippen molar-refractivity contribution in [1.82, 2.24) is 9.97 Å². The van der Waals surface area contributed by atoms with Crippen molar-refractivity contribution in [2.24, 2.45) is 0 Å². The average Bonchev–Trinajstić information content (AvgIpc) is 2.70. The van der Waals surface area contributed by atoms with E-state index in [1.807, 2.05) is 32.0 Å². The minimum atomic E-state index is 0.116. The molecule has 0 amide bonds. The maximum absolute atomic E-state index is 12.1. The van der Waals surface area contributed by atoms with Crippen LogP contribution in [0.4, 0.5) is 0 Å². The molecular weight excluding hydrogens is 200 g/mol. The minimum Gasteiger partial charge on any atom is -0.348 e. The molecule has 82 valence electrons. The van der Waals surface area contributed by atoms with Crippen LogP contribution in [0.2, 0.25) is 0 Å². The van der Waals surface area contributed by atoms with E-state index in [-0.39, 0.29) is 5.78 Å². The summed E-state index contributed by atoms with van der Waals surface area (Å²) in [4.78, 5) is 19.1. The van der Waals surface area contributed by atoms with Gasteiger partial charge < -0.3 is 4.98 Å². The van der Waals surface area contributed by atoms with Crippen molar-refractivity contribution in [3.8, 4) is 0 Å². The number of aromatic amines is 1. The Morgan fingerprint density at radius 1 is 1.31 bits per heavy atom. The van der Waals surface area contributed by atoms with Gasteiger partial charge in [0, 0.05) is 18.0 Å². The summed E-state index contributed by atoms with van der Waals surface area (Å²) in [5.74, 6) is 0.832. The van der Waals surface area contributed by atoms with Crippen LogP contribution in [0.25, 0.3) is 0 Å². The number of imidazole rings is 1. The Morgan fingerprint density at radius 3 is 2.56 bits per heavy atom. The Labute approximate surface area is 94.5 Å². The number of aromatic nitrogens is 2. The Balaban J connectivity index is 2.28. The first-order valence-electron chi connectivity index (χ1n) is 5.26. The molecule has 1 aromatic carbocycles. The first-order chi connectivity index (χ1) is 7.68. The third-order valence-electron chi connectivity index (χ3n) is 2.64. The van der Waals surface area contributed by atoms with Gasteiger partial charge >= 0.3 is 0 Å². The number of carbonyl (C=O) groups excluding carboxylic acids is 1. The Bertz CT molecular complexity index is 480. The summed E-state index contributed by atoms with van der Waals surface area (Å²) in [7, 11) is 0. The van der Waals surface area contributed by atoms with E-state index >= 15 is 0 Å². The van der Waals surface area contributed by atoms with Crippen LogP contribution in [0.3, 0.4) is 0 Å². The highest BCUT2D eigenvalue weighted by Crippen LogP contribution is 2.15. The number of rotatable bonds is 3. The molecule has 0 saturated carbocycles. The van der Waals surface area contributed by atoms with Crippen molar-refractivity contribution in [3.63, 3.8) is 0 Å². The second-order valence-corrected chi connectivity index (χ2v) is 3.90. The number of hydrogen-bond donors (Lipinski definition) is 1. The number of nitrogens with zero attached hydrogens (tertiary/aromatic N) is 1. The number of aryl methyl sites for hydroxylation is 2. The van der Waals surface area contributed by atoms with Gasteiger partial charge in [-0.15, -0.1) is 0 Å². The molecule has 0 spiro atoms. The summed E-state index contributed by atoms with van der Waals surface area (Å²) >= 11 is 0. The molecule has 3 nitrogen and oxygen atoms in total. The molecule has 0 radical (unpaired) electrons. The Hall–Kier alpha value is -1.90. The summed E-state index contributed by atoms with van der Waals surface area (Å²) in [6.07, 6.45) is 3.72. The van der Waals surface area contributed by atoms with Crippen LogP contribution in [0, 0.1) is 13.8 Å². The van der Waals surface area contributed by atoms with E-state index in [0.717, 1.165) is 16.7 Å². The highest BCUT2D eigenvalue weighted by Gasteiger charge is 2.13. The van der Waals surface area contributed by atoms with Gasteiger partial charge in [-0.2, -0.15) is 0 Å². The molecule has 0 aliphatic rings. The topological polar surface area (TPSA) is 45.8 Å². The minimum absolute atomic E-state index is 0.116. The number of Topliss-reactive ketones (excluding diaryl/α,β-unsaturated/α-hetero) is 1. The zero-order valence-electron chi connectivity index (χ0n) is 9.45. The van der Waals surface area contributed by atoms with Gasteiger partial charge in [-0.1, -0.05) is 18.2 Å². The number of nitrogens with one attached hydrogen (secondary N) is 1. The first-order valence-corrected chi connectivity index (χ1v) is 5.26. The molecule has 0 saturated heterocycles. The van der Waals surface area contributed by atoms with Gasteiger partial charge in [0.2, 0.25) is 0 Å². The smallest absolute Gasteiger partial charge is 0.170 e. The molecule has 2 aromatic rings. The normalized spacial score (nSPS) is 10.4. The van der Waals surface area contributed by atoms with E-state index < -0.39 is 0 Å². The summed E-state index contributed by atoms with van der Waals surface area (Å²) in [6, 6.07) is 5.89. The quantitative estimate of drug-likeness (QED) is 0.798. The standard InChI is InChI=1S/C13H14N2O/c1-9-4-3-5-10(2)13(9)11(16)8-12-14-6-7-15-12/h3-7H,8H2,1-2H3,(H,14,15). The van der Waals surface area contributed by atoms with Gasteiger partial charge in [-0.25, -0.2) is 4.98 Å². The van der Waals surface area contributed by atoms with E-state index in [0.29, 0.717) is 12.2 Å². The SMILES string of the molecule is Cc1cccc(C)c1C(=O)Cc1ncc[nH]1. The lowest BCUT2D eigenvalue weighted by Crippen LogP contribution is -2.08. The molecule has 1 aromatic heterocycles. The second kappa shape index (κ2) is 4.31. The van der Waals surface area contributed by atoms with Crippen molar-refractivity contribution in [3.05, 3.63) is 53.1 Å². The summed E-state index contributed by atoms with van der Waals surface area (Å²) in [5.41, 5.74) is 2.87. The van der Waals surface area contributed by atoms with Crippen molar-refractivity contribution in [2.75, 3.05) is 0 Å². The van der Waals surface area contributed by atoms with Crippen molar-refractivity contribution < 1.29 is 4.79 Å². The van der Waals surface area contributed by atoms with Crippen molar-refractivity contribution >= 4 is 5.78 Å². The number of H-pyrrole nitrogens is 1. The fourth-order valence-electron chi connectivity index (χ4n) is 1.89. The zero-order valence-corrected chi connectivity index (χ0v) is 9.45. The largest absolute Gasteiger partial charge is 0.348 e. The molecule has 0 fully saturated rings. The number of hydrogen-bond acceptors (Lipinski definition) is 2. The van der Waals surface area contributed by atoms with Crippen LogP contribution >= 0.6 is 0 Å². The van der Waals surface area contributed by atoms with E-state index in [1.54, 1.807) is 12.4 Å². The third kappa shape index (κ3) is 2.03. The van der Waals surface area contributed by atoms with E-state index in [9.17, 15) is 4.79 Å². The van der Waals surface area contributed by atoms with Crippen molar-refractivity contribution in [2.45, 2.75) is 20.3 Å². The highest BCUT2D eigenvalue weighted by molar-refractivity contribution is 5.99. The van der Waals surface area contributed by atoms with Gasteiger partial charge in [-0.05, 0) is 25.0 Å². The number of ketones is 1. The maximum atomic E-state index is 12.1. The maximum Gasteiger partial charge on any atom is 0.170 e. The lowest BCUT2D eigenvalue weighted by atomic mass is 9.97. The molecule has 0 unspecified atom stereocenters. The van der Waals surface area contributed by atoms with E-state index in [2.05, 4.69) is 9.97 Å². The summed E-state index contributed by atoms with van der Waals surface area (Å²) in [6.45, 7) is 3.92. The van der Waals surface area contributed by atoms with Crippen LogP contribution in [0.5, 0.6) is 0 Å². The van der Waals surface area contributed by atoms with Gasteiger partial charge in [0.25, 0.3) is 0 Å². The van der Waals surface area contributed by atoms with Crippen LogP contribution in [0.1, 0.15) is 27.3 Å². The Kier molecular flexibility index (Phi) is 2.86. The fourth-order valence-corrected chi connectivity index (χ4v) is 1.89. The molecule has 0 aliphatic heterocycles. The monoisotopic (exact) mass is 214 g/mol. The van der Waals surface area contributed by atoms with Gasteiger partial charge in [0.1, 0.15) is 5.82 Å². The van der Waals surface area contributed by atoms with E-state index in [4.69, 9.17) is 0 Å². The van der Waals surface area contributed by atoms with Crippen LogP contribution in [-0.4, -0.2) is 15.8 Å².